The van der Waals surface area contributed by atoms with E-state index in [2.05, 4.69) is 21.4 Å². The molecule has 1 aliphatic carbocycles. The van der Waals surface area contributed by atoms with Gasteiger partial charge in [0.2, 0.25) is 5.95 Å². The van der Waals surface area contributed by atoms with Gasteiger partial charge in [0.15, 0.2) is 5.82 Å². The van der Waals surface area contributed by atoms with Crippen molar-refractivity contribution in [3.63, 3.8) is 0 Å². The van der Waals surface area contributed by atoms with Crippen LogP contribution >= 0.6 is 0 Å². The third kappa shape index (κ3) is 3.69. The second-order valence-electron chi connectivity index (χ2n) is 7.87. The van der Waals surface area contributed by atoms with Gasteiger partial charge in [-0.15, -0.1) is 0 Å². The lowest BCUT2D eigenvalue weighted by molar-refractivity contribution is 0.251. The monoisotopic (exact) mass is 431 g/mol. The number of fused-ring (bicyclic) bond motifs is 1. The van der Waals surface area contributed by atoms with Crippen LogP contribution < -0.4 is 15.5 Å². The molecule has 2 fully saturated rings. The molecule has 2 aliphatic heterocycles. The van der Waals surface area contributed by atoms with Crippen LogP contribution in [-0.4, -0.2) is 81.1 Å². The number of piperazine rings is 1. The highest BCUT2D eigenvalue weighted by molar-refractivity contribution is 7.85. The van der Waals surface area contributed by atoms with E-state index in [0.29, 0.717) is 23.9 Å². The average molecular weight is 432 g/mol. The smallest absolute Gasteiger partial charge is 0.227 e. The lowest BCUT2D eigenvalue weighted by Crippen LogP contribution is -2.49. The Morgan fingerprint density at radius 3 is 2.70 bits per heavy atom. The fourth-order valence-electron chi connectivity index (χ4n) is 4.05. The summed E-state index contributed by atoms with van der Waals surface area (Å²) in [4.78, 5) is 21.0. The zero-order valence-corrected chi connectivity index (χ0v) is 18.1. The molecule has 1 unspecified atom stereocenters. The maximum Gasteiger partial charge on any atom is 0.227 e. The molecule has 0 radical (unpaired) electrons. The van der Waals surface area contributed by atoms with Crippen molar-refractivity contribution in [1.29, 1.82) is 0 Å². The summed E-state index contributed by atoms with van der Waals surface area (Å²) in [6, 6.07) is 0. The van der Waals surface area contributed by atoms with Gasteiger partial charge in [-0.1, -0.05) is 6.58 Å². The van der Waals surface area contributed by atoms with E-state index >= 15 is 0 Å². The third-order valence-corrected chi connectivity index (χ3v) is 7.61. The number of aryl methyl sites for hydroxylation is 1. The maximum atomic E-state index is 12.6. The summed E-state index contributed by atoms with van der Waals surface area (Å²) in [6.07, 6.45) is 7.30. The topological polar surface area (TPSA) is 111 Å². The highest BCUT2D eigenvalue weighted by atomic mass is 32.2. The van der Waals surface area contributed by atoms with Crippen molar-refractivity contribution in [3.8, 4) is 0 Å². The highest BCUT2D eigenvalue weighted by Crippen LogP contribution is 2.45. The Morgan fingerprint density at radius 1 is 1.37 bits per heavy atom. The minimum atomic E-state index is -1.09. The predicted molar refractivity (Wildman–Crippen MR) is 119 cm³/mol. The van der Waals surface area contributed by atoms with E-state index in [0.717, 1.165) is 55.4 Å². The van der Waals surface area contributed by atoms with Gasteiger partial charge in [0.25, 0.3) is 0 Å². The molecule has 3 N–H and O–H groups in total. The quantitative estimate of drug-likeness (QED) is 0.487. The summed E-state index contributed by atoms with van der Waals surface area (Å²) >= 11 is 0. The van der Waals surface area contributed by atoms with Gasteiger partial charge in [0.1, 0.15) is 10.7 Å². The number of aliphatic hydroxyl groups is 1. The van der Waals surface area contributed by atoms with Gasteiger partial charge in [0.05, 0.1) is 28.6 Å². The van der Waals surface area contributed by atoms with Crippen molar-refractivity contribution < 1.29 is 9.32 Å². The molecular weight excluding hydrogens is 402 g/mol. The molecule has 30 heavy (non-hydrogen) atoms. The molecule has 1 atom stereocenters. The van der Waals surface area contributed by atoms with E-state index in [4.69, 9.17) is 15.7 Å². The molecule has 9 nitrogen and oxygen atoms in total. The molecule has 4 rings (SSSR count). The number of hydrogen-bond acceptors (Lipinski definition) is 8. The number of nitrogens with zero attached hydrogens (tertiary/aromatic N) is 6. The molecule has 1 aromatic heterocycles. The molecule has 0 aromatic carbocycles. The van der Waals surface area contributed by atoms with Crippen LogP contribution in [0.25, 0.3) is 0 Å². The summed E-state index contributed by atoms with van der Waals surface area (Å²) in [5, 5.41) is 9.88. The van der Waals surface area contributed by atoms with E-state index in [9.17, 15) is 9.32 Å². The van der Waals surface area contributed by atoms with Gasteiger partial charge in [0, 0.05) is 51.6 Å². The van der Waals surface area contributed by atoms with Crippen LogP contribution in [0.15, 0.2) is 34.9 Å². The first-order chi connectivity index (χ1) is 14.5. The first-order valence-electron chi connectivity index (χ1n) is 10.2. The maximum absolute atomic E-state index is 12.6. The Labute approximate surface area is 179 Å². The molecule has 0 spiro atoms. The van der Waals surface area contributed by atoms with E-state index in [-0.39, 0.29) is 12.1 Å². The van der Waals surface area contributed by atoms with Crippen molar-refractivity contribution in [2.24, 2.45) is 10.7 Å². The Bertz CT molecular complexity index is 905. The molecule has 3 heterocycles. The van der Waals surface area contributed by atoms with Crippen molar-refractivity contribution >= 4 is 28.4 Å². The largest absolute Gasteiger partial charge is 0.404 e. The molecule has 1 saturated heterocycles. The number of aromatic nitrogens is 2. The third-order valence-electron chi connectivity index (χ3n) is 6.16. The highest BCUT2D eigenvalue weighted by Gasteiger charge is 2.48. The van der Waals surface area contributed by atoms with Crippen LogP contribution in [0.5, 0.6) is 0 Å². The summed E-state index contributed by atoms with van der Waals surface area (Å²) < 4.78 is 12.6. The zero-order valence-electron chi connectivity index (χ0n) is 17.3. The van der Waals surface area contributed by atoms with Crippen LogP contribution in [0, 0.1) is 0 Å². The number of hydrogen-bond donors (Lipinski definition) is 2. The molecule has 0 bridgehead atoms. The minimum Gasteiger partial charge on any atom is -0.404 e. The normalized spacial score (nSPS) is 23.0. The van der Waals surface area contributed by atoms with Crippen molar-refractivity contribution in [1.82, 2.24) is 14.9 Å². The lowest BCUT2D eigenvalue weighted by Gasteiger charge is -2.36. The van der Waals surface area contributed by atoms with E-state index < -0.39 is 10.8 Å². The first-order valence-corrected chi connectivity index (χ1v) is 11.6. The Balaban J connectivity index is 1.59. The van der Waals surface area contributed by atoms with Crippen LogP contribution in [0.3, 0.4) is 0 Å². The predicted octanol–water partition coefficient (Wildman–Crippen LogP) is 0.238. The minimum absolute atomic E-state index is 0.0724. The van der Waals surface area contributed by atoms with Crippen molar-refractivity contribution in [3.05, 3.63) is 30.7 Å². The van der Waals surface area contributed by atoms with Crippen LogP contribution in [0.2, 0.25) is 0 Å². The SMILES string of the molecule is C=CN=C(/C=C\N)N1CCN(c2nc3c(c(N(C)C4(CO)CC4)n2)S(=O)CC3)CC1. The summed E-state index contributed by atoms with van der Waals surface area (Å²) in [6.45, 7) is 6.74. The van der Waals surface area contributed by atoms with Gasteiger partial charge in [-0.2, -0.15) is 4.98 Å². The number of amidine groups is 1. The van der Waals surface area contributed by atoms with Crippen LogP contribution in [-0.2, 0) is 17.2 Å². The second kappa shape index (κ2) is 8.35. The van der Waals surface area contributed by atoms with Crippen molar-refractivity contribution in [2.75, 3.05) is 55.4 Å². The Morgan fingerprint density at radius 2 is 2.10 bits per heavy atom. The van der Waals surface area contributed by atoms with Gasteiger partial charge in [-0.05, 0) is 25.1 Å². The number of aliphatic imine (C=N–C) groups is 1. The number of anilines is 2. The fourth-order valence-corrected chi connectivity index (χ4v) is 5.43. The summed E-state index contributed by atoms with van der Waals surface area (Å²) in [7, 11) is 0.856. The van der Waals surface area contributed by atoms with E-state index in [1.165, 1.54) is 12.4 Å². The standard InChI is InChI=1S/C20H29N7O2S/c1-3-22-16(4-8-21)26-9-11-27(12-10-26)19-23-15-5-13-30(29)17(15)18(24-19)25(2)20(14-28)6-7-20/h3-4,8,28H,1,5-7,9-14,21H2,2H3/b8-4-,22-16?. The van der Waals surface area contributed by atoms with Gasteiger partial charge in [-0.25, -0.2) is 9.98 Å². The number of aliphatic hydroxyl groups excluding tert-OH is 1. The van der Waals surface area contributed by atoms with Crippen molar-refractivity contribution in [2.45, 2.75) is 29.7 Å². The lowest BCUT2D eigenvalue weighted by atomic mass is 10.2. The zero-order chi connectivity index (χ0) is 21.3. The Kier molecular flexibility index (Phi) is 5.79. The van der Waals surface area contributed by atoms with E-state index in [1.54, 1.807) is 6.08 Å². The average Bonchev–Trinajstić information content (AvgIpc) is 3.49. The molecule has 162 valence electrons. The first kappa shape index (κ1) is 20.8. The molecular formula is C20H29N7O2S. The van der Waals surface area contributed by atoms with Gasteiger partial charge < -0.3 is 25.5 Å². The van der Waals surface area contributed by atoms with Crippen LogP contribution in [0.1, 0.15) is 18.5 Å². The molecule has 1 aromatic rings. The fraction of sp³-hybridized carbons (Fsp3) is 0.550. The summed E-state index contributed by atoms with van der Waals surface area (Å²) in [5.41, 5.74) is 6.13. The number of likely N-dealkylation sites (N-methyl/N-ethyl adjacent to an activating group) is 1. The van der Waals surface area contributed by atoms with E-state index in [1.807, 2.05) is 11.9 Å². The molecule has 10 heteroatoms. The molecule has 0 amide bonds. The number of nitrogens with two attached hydrogens (primary N) is 1. The van der Waals surface area contributed by atoms with Gasteiger partial charge >= 0.3 is 0 Å². The molecule has 3 aliphatic rings. The number of rotatable bonds is 6. The Hall–Kier alpha value is -2.46. The van der Waals surface area contributed by atoms with Gasteiger partial charge in [-0.3, -0.25) is 4.21 Å². The summed E-state index contributed by atoms with van der Waals surface area (Å²) in [5.74, 6) is 2.75. The van der Waals surface area contributed by atoms with Crippen LogP contribution in [0.4, 0.5) is 11.8 Å². The molecule has 1 saturated carbocycles. The second-order valence-corrected chi connectivity index (χ2v) is 9.37.